The largest absolute Gasteiger partial charge is 0.495 e. The second-order valence-corrected chi connectivity index (χ2v) is 12.1. The van der Waals surface area contributed by atoms with Crippen LogP contribution in [0.4, 0.5) is 23.1 Å². The minimum Gasteiger partial charge on any atom is -0.495 e. The van der Waals surface area contributed by atoms with Crippen LogP contribution in [0.3, 0.4) is 0 Å². The maximum Gasteiger partial charge on any atom is 0.229 e. The van der Waals surface area contributed by atoms with Gasteiger partial charge in [-0.3, -0.25) is 4.90 Å². The lowest BCUT2D eigenvalue weighted by atomic mass is 9.98. The van der Waals surface area contributed by atoms with Gasteiger partial charge in [-0.05, 0) is 62.6 Å². The molecule has 202 valence electrons. The highest BCUT2D eigenvalue weighted by molar-refractivity contribution is 7.92. The summed E-state index contributed by atoms with van der Waals surface area (Å²) >= 11 is 6.36. The van der Waals surface area contributed by atoms with Crippen molar-refractivity contribution in [3.63, 3.8) is 0 Å². The topological polar surface area (TPSA) is 117 Å². The molecule has 1 aliphatic rings. The number of aromatic nitrogens is 2. The molecule has 1 aliphatic heterocycles. The minimum atomic E-state index is -3.53. The van der Waals surface area contributed by atoms with Gasteiger partial charge in [-0.1, -0.05) is 35.9 Å². The van der Waals surface area contributed by atoms with Crippen molar-refractivity contribution in [1.29, 1.82) is 0 Å². The van der Waals surface area contributed by atoms with Crippen LogP contribution in [0.2, 0.25) is 5.02 Å². The lowest BCUT2D eigenvalue weighted by Crippen LogP contribution is -2.36. The van der Waals surface area contributed by atoms with Gasteiger partial charge in [-0.25, -0.2) is 13.4 Å². The molecule has 0 saturated carbocycles. The predicted molar refractivity (Wildman–Crippen MR) is 151 cm³/mol. The second-order valence-electron chi connectivity index (χ2n) is 9.25. The number of hydrogen-bond acceptors (Lipinski definition) is 9. The van der Waals surface area contributed by atoms with Crippen molar-refractivity contribution in [3.8, 4) is 5.75 Å². The fourth-order valence-corrected chi connectivity index (χ4v) is 5.46. The van der Waals surface area contributed by atoms with Crippen molar-refractivity contribution >= 4 is 50.2 Å². The van der Waals surface area contributed by atoms with Crippen molar-refractivity contribution in [1.82, 2.24) is 14.9 Å². The summed E-state index contributed by atoms with van der Waals surface area (Å²) in [6.45, 7) is 6.51. The Hall–Kier alpha value is -3.18. The van der Waals surface area contributed by atoms with E-state index in [0.29, 0.717) is 23.7 Å². The molecule has 0 saturated heterocycles. The fraction of sp³-hybridized carbons (Fsp3) is 0.333. The number of aliphatic hydroxyl groups is 1. The van der Waals surface area contributed by atoms with Gasteiger partial charge in [-0.15, -0.1) is 0 Å². The van der Waals surface area contributed by atoms with E-state index in [1.165, 1.54) is 11.8 Å². The number of benzene rings is 2. The third-order valence-corrected chi connectivity index (χ3v) is 8.89. The molecular formula is C27H32ClN5O4S. The SMILES string of the molecule is COc1cc(C2=CCN(C(C)O)CC2)ccc1Nc1ncc(Cl)c(Nc2ccccc2S(=O)(=O)C(C)C)n1. The average Bonchev–Trinajstić information content (AvgIpc) is 2.91. The predicted octanol–water partition coefficient (Wildman–Crippen LogP) is 5.24. The van der Waals surface area contributed by atoms with Gasteiger partial charge in [0.15, 0.2) is 15.7 Å². The summed E-state index contributed by atoms with van der Waals surface area (Å²) in [5, 5.41) is 15.7. The number of ether oxygens (including phenoxy) is 1. The highest BCUT2D eigenvalue weighted by Crippen LogP contribution is 2.34. The van der Waals surface area contributed by atoms with Gasteiger partial charge in [0.2, 0.25) is 5.95 Å². The van der Waals surface area contributed by atoms with Crippen molar-refractivity contribution < 1.29 is 18.3 Å². The number of rotatable bonds is 9. The van der Waals surface area contributed by atoms with E-state index in [0.717, 1.165) is 18.5 Å². The first kappa shape index (κ1) is 27.8. The van der Waals surface area contributed by atoms with Gasteiger partial charge in [0.05, 0.1) is 34.8 Å². The Morgan fingerprint density at radius 3 is 2.53 bits per heavy atom. The summed E-state index contributed by atoms with van der Waals surface area (Å²) in [5.74, 6) is 1.14. The van der Waals surface area contributed by atoms with E-state index in [-0.39, 0.29) is 21.7 Å². The average molecular weight is 558 g/mol. The van der Waals surface area contributed by atoms with E-state index >= 15 is 0 Å². The molecule has 0 amide bonds. The molecule has 1 atom stereocenters. The molecule has 9 nitrogen and oxygen atoms in total. The summed E-state index contributed by atoms with van der Waals surface area (Å²) in [7, 11) is -1.94. The summed E-state index contributed by atoms with van der Waals surface area (Å²) in [6.07, 6.45) is 3.92. The Labute approximate surface area is 228 Å². The van der Waals surface area contributed by atoms with E-state index < -0.39 is 21.3 Å². The summed E-state index contributed by atoms with van der Waals surface area (Å²) < 4.78 is 31.3. The lowest BCUT2D eigenvalue weighted by Gasteiger charge is -2.28. The van der Waals surface area contributed by atoms with Crippen LogP contribution in [0.1, 0.15) is 32.8 Å². The summed E-state index contributed by atoms with van der Waals surface area (Å²) in [5.41, 5.74) is 3.27. The third kappa shape index (κ3) is 6.10. The molecule has 1 unspecified atom stereocenters. The van der Waals surface area contributed by atoms with Crippen LogP contribution in [0.5, 0.6) is 5.75 Å². The van der Waals surface area contributed by atoms with Gasteiger partial charge >= 0.3 is 0 Å². The molecule has 0 bridgehead atoms. The van der Waals surface area contributed by atoms with Gasteiger partial charge in [0, 0.05) is 13.1 Å². The number of anilines is 4. The quantitative estimate of drug-likeness (QED) is 0.325. The number of hydrogen-bond donors (Lipinski definition) is 3. The first-order chi connectivity index (χ1) is 18.1. The van der Waals surface area contributed by atoms with Crippen molar-refractivity contribution in [2.75, 3.05) is 30.8 Å². The zero-order valence-electron chi connectivity index (χ0n) is 21.8. The molecule has 0 spiro atoms. The van der Waals surface area contributed by atoms with Crippen LogP contribution in [0.15, 0.2) is 59.6 Å². The van der Waals surface area contributed by atoms with Gasteiger partial charge in [0.1, 0.15) is 17.0 Å². The Balaban J connectivity index is 1.58. The number of aliphatic hydroxyl groups excluding tert-OH is 1. The van der Waals surface area contributed by atoms with E-state index in [1.54, 1.807) is 52.1 Å². The minimum absolute atomic E-state index is 0.171. The van der Waals surface area contributed by atoms with Crippen LogP contribution in [-0.2, 0) is 9.84 Å². The maximum absolute atomic E-state index is 12.8. The fourth-order valence-electron chi connectivity index (χ4n) is 4.12. The van der Waals surface area contributed by atoms with Gasteiger partial charge in [0.25, 0.3) is 0 Å². The third-order valence-electron chi connectivity index (χ3n) is 6.40. The van der Waals surface area contributed by atoms with Crippen LogP contribution in [0, 0.1) is 0 Å². The Kier molecular flexibility index (Phi) is 8.57. The summed E-state index contributed by atoms with van der Waals surface area (Å²) in [6, 6.07) is 12.5. The zero-order valence-corrected chi connectivity index (χ0v) is 23.3. The maximum atomic E-state index is 12.8. The number of halogens is 1. The number of sulfone groups is 1. The van der Waals surface area contributed by atoms with Gasteiger partial charge < -0.3 is 20.5 Å². The van der Waals surface area contributed by atoms with E-state index in [9.17, 15) is 13.5 Å². The molecule has 0 fully saturated rings. The smallest absolute Gasteiger partial charge is 0.229 e. The first-order valence-electron chi connectivity index (χ1n) is 12.3. The van der Waals surface area contributed by atoms with Gasteiger partial charge in [-0.2, -0.15) is 4.98 Å². The summed E-state index contributed by atoms with van der Waals surface area (Å²) in [4.78, 5) is 10.9. The normalized spacial score (nSPS) is 15.2. The monoisotopic (exact) mass is 557 g/mol. The molecule has 38 heavy (non-hydrogen) atoms. The van der Waals surface area contributed by atoms with Crippen molar-refractivity contribution in [2.45, 2.75) is 43.6 Å². The van der Waals surface area contributed by atoms with Crippen molar-refractivity contribution in [2.24, 2.45) is 0 Å². The molecule has 3 N–H and O–H groups in total. The molecule has 0 aliphatic carbocycles. The van der Waals surface area contributed by atoms with E-state index in [1.807, 2.05) is 23.1 Å². The van der Waals surface area contributed by atoms with Crippen LogP contribution in [-0.4, -0.2) is 60.1 Å². The zero-order chi connectivity index (χ0) is 27.4. The molecule has 11 heteroatoms. The van der Waals surface area contributed by atoms with Crippen LogP contribution >= 0.6 is 11.6 Å². The molecule has 4 rings (SSSR count). The Bertz CT molecular complexity index is 1440. The highest BCUT2D eigenvalue weighted by Gasteiger charge is 2.23. The Morgan fingerprint density at radius 2 is 1.87 bits per heavy atom. The van der Waals surface area contributed by atoms with Crippen LogP contribution in [0.25, 0.3) is 5.57 Å². The number of para-hydroxylation sites is 1. The standard InChI is InChI=1S/C27H32ClN5O4S/c1-17(2)38(35,36)25-8-6-5-7-23(25)30-26-21(28)16-29-27(32-26)31-22-10-9-20(15-24(22)37-4)19-11-13-33(14-12-19)18(3)34/h5-11,15-18,34H,12-14H2,1-4H3,(H2,29,30,31,32). The molecule has 2 heterocycles. The van der Waals surface area contributed by atoms with E-state index in [4.69, 9.17) is 16.3 Å². The number of nitrogens with one attached hydrogen (secondary N) is 2. The lowest BCUT2D eigenvalue weighted by molar-refractivity contribution is 0.0267. The molecule has 1 aromatic heterocycles. The molecule has 3 aromatic rings. The van der Waals surface area contributed by atoms with Crippen LogP contribution < -0.4 is 15.4 Å². The van der Waals surface area contributed by atoms with E-state index in [2.05, 4.69) is 26.7 Å². The molecule has 0 radical (unpaired) electrons. The molecular weight excluding hydrogens is 526 g/mol. The highest BCUT2D eigenvalue weighted by atomic mass is 35.5. The van der Waals surface area contributed by atoms with Crippen molar-refractivity contribution in [3.05, 3.63) is 65.3 Å². The second kappa shape index (κ2) is 11.7. The Morgan fingerprint density at radius 1 is 1.11 bits per heavy atom. The molecule has 2 aromatic carbocycles. The number of methoxy groups -OCH3 is 1. The number of nitrogens with zero attached hydrogens (tertiary/aromatic N) is 3. The first-order valence-corrected chi connectivity index (χ1v) is 14.2.